The second kappa shape index (κ2) is 12.4. The van der Waals surface area contributed by atoms with Crippen LogP contribution in [0.5, 0.6) is 0 Å². The van der Waals surface area contributed by atoms with Crippen molar-refractivity contribution in [3.05, 3.63) is 76.8 Å². The molecule has 0 saturated carbocycles. The summed E-state index contributed by atoms with van der Waals surface area (Å²) in [7, 11) is 0. The molecule has 3 amide bonds. The Morgan fingerprint density at radius 1 is 0.850 bits per heavy atom. The Morgan fingerprint density at radius 2 is 1.40 bits per heavy atom. The van der Waals surface area contributed by atoms with E-state index in [1.165, 1.54) is 11.3 Å². The first kappa shape index (κ1) is 30.4. The molecule has 0 radical (unpaired) electrons. The van der Waals surface area contributed by atoms with Crippen LogP contribution in [-0.2, 0) is 12.8 Å². The average molecular weight is 568 g/mol. The lowest BCUT2D eigenvalue weighted by molar-refractivity contribution is -0.0175. The molecule has 0 aliphatic rings. The van der Waals surface area contributed by atoms with Gasteiger partial charge in [-0.05, 0) is 84.2 Å². The number of aromatic nitrogens is 1. The highest BCUT2D eigenvalue weighted by Crippen LogP contribution is 2.27. The van der Waals surface area contributed by atoms with E-state index in [2.05, 4.69) is 15.6 Å². The van der Waals surface area contributed by atoms with Gasteiger partial charge in [0.05, 0.1) is 5.69 Å². The van der Waals surface area contributed by atoms with Gasteiger partial charge in [0.2, 0.25) is 0 Å². The Morgan fingerprint density at radius 3 is 1.90 bits per heavy atom. The van der Waals surface area contributed by atoms with Crippen LogP contribution in [-0.4, -0.2) is 60.5 Å². The molecule has 1 heterocycles. The molecule has 4 N–H and O–H groups in total. The Bertz CT molecular complexity index is 1280. The van der Waals surface area contributed by atoms with Crippen molar-refractivity contribution in [2.75, 3.05) is 10.6 Å². The van der Waals surface area contributed by atoms with Crippen molar-refractivity contribution in [3.63, 3.8) is 0 Å². The molecule has 0 aliphatic carbocycles. The summed E-state index contributed by atoms with van der Waals surface area (Å²) in [5.41, 5.74) is 1.28. The fourth-order valence-electron chi connectivity index (χ4n) is 4.19. The van der Waals surface area contributed by atoms with Crippen molar-refractivity contribution < 1.29 is 24.6 Å². The van der Waals surface area contributed by atoms with Gasteiger partial charge < -0.3 is 15.5 Å². The zero-order valence-electron chi connectivity index (χ0n) is 23.6. The van der Waals surface area contributed by atoms with Crippen molar-refractivity contribution >= 4 is 40.2 Å². The van der Waals surface area contributed by atoms with Gasteiger partial charge in [-0.1, -0.05) is 30.3 Å². The third-order valence-corrected chi connectivity index (χ3v) is 6.88. The molecule has 0 saturated heterocycles. The standard InChI is InChI=1S/C29H37N5O5S/c1-28(2,3)33(26(36)37)25(34(27(38)39)29(4,5)6)31-21-15-12-19(13-16-21)14-17-22-18-40-24(30-22)32-23(35)20-10-8-7-9-11-20/h7-13,15-16,18,25,31H,14,17H2,1-6H3,(H,36,37)(H,38,39)(H,30,32,35). The lowest BCUT2D eigenvalue weighted by atomic mass is 10.0. The molecule has 11 heteroatoms. The molecule has 10 nitrogen and oxygen atoms in total. The van der Waals surface area contributed by atoms with E-state index in [0.29, 0.717) is 29.2 Å². The second-order valence-electron chi connectivity index (χ2n) is 11.3. The maximum atomic E-state index is 12.4. The molecule has 0 unspecified atom stereocenters. The first-order valence-corrected chi connectivity index (χ1v) is 13.8. The number of thiazole rings is 1. The number of amides is 3. The number of nitrogens with one attached hydrogen (secondary N) is 2. The molecule has 3 aromatic rings. The molecular formula is C29H37N5O5S. The van der Waals surface area contributed by atoms with E-state index in [0.717, 1.165) is 21.1 Å². The number of carbonyl (C=O) groups is 3. The third kappa shape index (κ3) is 7.95. The Kier molecular flexibility index (Phi) is 9.41. The maximum Gasteiger partial charge on any atom is 0.410 e. The van der Waals surface area contributed by atoms with E-state index < -0.39 is 29.6 Å². The molecule has 3 rings (SSSR count). The largest absolute Gasteiger partial charge is 0.465 e. The Balaban J connectivity index is 1.70. The number of carbonyl (C=O) groups excluding carboxylic acids is 1. The van der Waals surface area contributed by atoms with E-state index in [9.17, 15) is 24.6 Å². The number of anilines is 2. The second-order valence-corrected chi connectivity index (χ2v) is 12.2. The van der Waals surface area contributed by atoms with Gasteiger partial charge in [-0.3, -0.25) is 19.9 Å². The van der Waals surface area contributed by atoms with E-state index in [1.807, 2.05) is 35.7 Å². The molecule has 0 bridgehead atoms. The first-order valence-electron chi connectivity index (χ1n) is 12.9. The third-order valence-electron chi connectivity index (χ3n) is 6.07. The summed E-state index contributed by atoms with van der Waals surface area (Å²) in [6.07, 6.45) is -2.27. The van der Waals surface area contributed by atoms with Gasteiger partial charge in [0.25, 0.3) is 5.91 Å². The highest BCUT2D eigenvalue weighted by atomic mass is 32.1. The number of hydrogen-bond donors (Lipinski definition) is 4. The van der Waals surface area contributed by atoms with Crippen molar-refractivity contribution in [2.24, 2.45) is 0 Å². The number of rotatable bonds is 9. The van der Waals surface area contributed by atoms with Crippen LogP contribution in [0.15, 0.2) is 60.0 Å². The number of nitrogens with zero attached hydrogens (tertiary/aromatic N) is 3. The fourth-order valence-corrected chi connectivity index (χ4v) is 4.93. The van der Waals surface area contributed by atoms with Crippen molar-refractivity contribution in [3.8, 4) is 0 Å². The molecule has 0 atom stereocenters. The minimum atomic E-state index is -1.24. The van der Waals surface area contributed by atoms with E-state index >= 15 is 0 Å². The maximum absolute atomic E-state index is 12.4. The summed E-state index contributed by atoms with van der Waals surface area (Å²) in [5, 5.41) is 28.5. The minimum absolute atomic E-state index is 0.205. The predicted molar refractivity (Wildman–Crippen MR) is 157 cm³/mol. The van der Waals surface area contributed by atoms with Crippen molar-refractivity contribution in [2.45, 2.75) is 71.8 Å². The van der Waals surface area contributed by atoms with Crippen LogP contribution in [0.1, 0.15) is 63.2 Å². The summed E-state index contributed by atoms with van der Waals surface area (Å²) in [6, 6.07) is 16.4. The molecule has 2 aromatic carbocycles. The number of hydrogen-bond acceptors (Lipinski definition) is 6. The van der Waals surface area contributed by atoms with Crippen LogP contribution in [0.25, 0.3) is 0 Å². The minimum Gasteiger partial charge on any atom is -0.465 e. The van der Waals surface area contributed by atoms with Gasteiger partial charge in [-0.15, -0.1) is 11.3 Å². The van der Waals surface area contributed by atoms with Crippen molar-refractivity contribution in [1.29, 1.82) is 0 Å². The van der Waals surface area contributed by atoms with E-state index in [1.54, 1.807) is 65.8 Å². The lowest BCUT2D eigenvalue weighted by Gasteiger charge is -2.48. The van der Waals surface area contributed by atoms with Gasteiger partial charge in [0.15, 0.2) is 11.4 Å². The van der Waals surface area contributed by atoms with Crippen LogP contribution < -0.4 is 10.6 Å². The molecule has 0 aliphatic heterocycles. The highest BCUT2D eigenvalue weighted by Gasteiger charge is 2.43. The Hall–Kier alpha value is -4.12. The summed E-state index contributed by atoms with van der Waals surface area (Å²) >= 11 is 1.37. The van der Waals surface area contributed by atoms with E-state index in [4.69, 9.17) is 0 Å². The SMILES string of the molecule is CC(C)(C)N(C(=O)O)C(Nc1ccc(CCc2csc(NC(=O)c3ccccc3)n2)cc1)N(C(=O)O)C(C)(C)C. The van der Waals surface area contributed by atoms with Gasteiger partial charge in [-0.25, -0.2) is 14.6 Å². The monoisotopic (exact) mass is 567 g/mol. The molecule has 214 valence electrons. The Labute approximate surface area is 238 Å². The number of benzene rings is 2. The topological polar surface area (TPSA) is 135 Å². The molecule has 1 aromatic heterocycles. The zero-order valence-corrected chi connectivity index (χ0v) is 24.5. The van der Waals surface area contributed by atoms with Gasteiger partial charge in [-0.2, -0.15) is 0 Å². The van der Waals surface area contributed by atoms with E-state index in [-0.39, 0.29) is 5.91 Å². The summed E-state index contributed by atoms with van der Waals surface area (Å²) in [4.78, 5) is 43.6. The summed E-state index contributed by atoms with van der Waals surface area (Å²) in [6.45, 7) is 10.3. The first-order chi connectivity index (χ1) is 18.7. The van der Waals surface area contributed by atoms with Crippen LogP contribution in [0.2, 0.25) is 0 Å². The van der Waals surface area contributed by atoms with Crippen molar-refractivity contribution in [1.82, 2.24) is 14.8 Å². The quantitative estimate of drug-likeness (QED) is 0.219. The van der Waals surface area contributed by atoms with Gasteiger partial charge in [0.1, 0.15) is 0 Å². The van der Waals surface area contributed by atoms with Gasteiger partial charge in [0, 0.05) is 27.7 Å². The molecule has 0 fully saturated rings. The highest BCUT2D eigenvalue weighted by molar-refractivity contribution is 7.14. The summed E-state index contributed by atoms with van der Waals surface area (Å²) < 4.78 is 0. The predicted octanol–water partition coefficient (Wildman–Crippen LogP) is 6.43. The molecule has 0 spiro atoms. The number of carboxylic acid groups (broad SMARTS) is 2. The smallest absolute Gasteiger partial charge is 0.410 e. The van der Waals surface area contributed by atoms with Crippen LogP contribution in [0, 0.1) is 0 Å². The normalized spacial score (nSPS) is 11.7. The number of aryl methyl sites for hydroxylation is 2. The summed E-state index contributed by atoms with van der Waals surface area (Å²) in [5.74, 6) is -0.205. The fraction of sp³-hybridized carbons (Fsp3) is 0.379. The zero-order chi connectivity index (χ0) is 29.7. The van der Waals surface area contributed by atoms with Gasteiger partial charge >= 0.3 is 12.2 Å². The van der Waals surface area contributed by atoms with Crippen LogP contribution >= 0.6 is 11.3 Å². The molecule has 40 heavy (non-hydrogen) atoms. The average Bonchev–Trinajstić information content (AvgIpc) is 3.29. The lowest BCUT2D eigenvalue weighted by Crippen LogP contribution is -2.66. The van der Waals surface area contributed by atoms with Crippen LogP contribution in [0.4, 0.5) is 20.4 Å². The molecular weight excluding hydrogens is 530 g/mol. The van der Waals surface area contributed by atoms with Crippen LogP contribution in [0.3, 0.4) is 0 Å².